The van der Waals surface area contributed by atoms with Crippen molar-refractivity contribution in [1.82, 2.24) is 0 Å². The maximum atomic E-state index is 13.2. The molecule has 0 aliphatic heterocycles. The zero-order chi connectivity index (χ0) is 17.1. The van der Waals surface area contributed by atoms with Gasteiger partial charge in [0.1, 0.15) is 5.75 Å². The van der Waals surface area contributed by atoms with E-state index in [0.717, 1.165) is 6.07 Å². The molecule has 0 radical (unpaired) electrons. The lowest BCUT2D eigenvalue weighted by molar-refractivity contribution is -0.139. The molecular formula is C13H12F3IO5. The van der Waals surface area contributed by atoms with Gasteiger partial charge in [-0.15, -0.1) is 0 Å². The molecule has 0 aliphatic rings. The summed E-state index contributed by atoms with van der Waals surface area (Å²) in [5.74, 6) is -3.23. The Morgan fingerprint density at radius 3 is 2.14 bits per heavy atom. The van der Waals surface area contributed by atoms with Crippen LogP contribution in [0.4, 0.5) is 13.2 Å². The summed E-state index contributed by atoms with van der Waals surface area (Å²) in [6.45, 7) is 2.60. The highest BCUT2D eigenvalue weighted by atomic mass is 127. The maximum absolute atomic E-state index is 13.2. The number of rotatable bonds is 4. The molecule has 0 aliphatic carbocycles. The van der Waals surface area contributed by atoms with Gasteiger partial charge >= 0.3 is 18.1 Å². The van der Waals surface area contributed by atoms with Gasteiger partial charge < -0.3 is 14.6 Å². The van der Waals surface area contributed by atoms with Crippen molar-refractivity contribution in [3.05, 3.63) is 26.3 Å². The Labute approximate surface area is 137 Å². The minimum atomic E-state index is -4.96. The summed E-state index contributed by atoms with van der Waals surface area (Å²) in [6.07, 6.45) is -4.96. The van der Waals surface area contributed by atoms with Crippen LogP contribution in [0.25, 0.3) is 0 Å². The molecule has 0 unspecified atom stereocenters. The number of aromatic hydroxyl groups is 1. The van der Waals surface area contributed by atoms with Gasteiger partial charge in [0.25, 0.3) is 0 Å². The molecule has 122 valence electrons. The number of hydrogen-bond acceptors (Lipinski definition) is 5. The van der Waals surface area contributed by atoms with Crippen LogP contribution in [-0.2, 0) is 15.7 Å². The topological polar surface area (TPSA) is 72.8 Å². The molecule has 0 saturated heterocycles. The van der Waals surface area contributed by atoms with Gasteiger partial charge in [0.15, 0.2) is 0 Å². The summed E-state index contributed by atoms with van der Waals surface area (Å²) in [6, 6.07) is 0.765. The summed E-state index contributed by atoms with van der Waals surface area (Å²) in [7, 11) is 0. The molecular weight excluding hydrogens is 420 g/mol. The Kier molecular flexibility index (Phi) is 6.03. The molecule has 0 amide bonds. The Morgan fingerprint density at radius 1 is 1.18 bits per heavy atom. The zero-order valence-electron chi connectivity index (χ0n) is 11.6. The van der Waals surface area contributed by atoms with Crippen LogP contribution in [-0.4, -0.2) is 30.3 Å². The van der Waals surface area contributed by atoms with Crippen molar-refractivity contribution in [1.29, 1.82) is 0 Å². The number of halogens is 4. The van der Waals surface area contributed by atoms with E-state index in [4.69, 9.17) is 0 Å². The van der Waals surface area contributed by atoms with Crippen LogP contribution in [0.1, 0.15) is 40.1 Å². The summed E-state index contributed by atoms with van der Waals surface area (Å²) < 4.78 is 48.4. The number of carbonyl (C=O) groups excluding carboxylic acids is 2. The van der Waals surface area contributed by atoms with Gasteiger partial charge in [-0.2, -0.15) is 13.2 Å². The average molecular weight is 432 g/mol. The van der Waals surface area contributed by atoms with Gasteiger partial charge in [-0.05, 0) is 42.5 Å². The predicted octanol–water partition coefficient (Wildman–Crippen LogP) is 3.37. The van der Waals surface area contributed by atoms with E-state index < -0.39 is 44.1 Å². The molecule has 1 rings (SSSR count). The zero-order valence-corrected chi connectivity index (χ0v) is 13.7. The molecule has 0 heterocycles. The van der Waals surface area contributed by atoms with Crippen LogP contribution in [0.2, 0.25) is 0 Å². The van der Waals surface area contributed by atoms with Crippen LogP contribution < -0.4 is 0 Å². The Morgan fingerprint density at radius 2 is 1.68 bits per heavy atom. The van der Waals surface area contributed by atoms with Crippen LogP contribution in [0.15, 0.2) is 6.07 Å². The fourth-order valence-electron chi connectivity index (χ4n) is 1.70. The highest BCUT2D eigenvalue weighted by Crippen LogP contribution is 2.41. The normalized spacial score (nSPS) is 11.2. The Balaban J connectivity index is 3.73. The number of alkyl halides is 3. The molecule has 1 aromatic carbocycles. The van der Waals surface area contributed by atoms with Crippen molar-refractivity contribution >= 4 is 34.5 Å². The van der Waals surface area contributed by atoms with E-state index in [1.54, 1.807) is 0 Å². The minimum absolute atomic E-state index is 0.102. The Hall–Kier alpha value is -1.52. The summed E-state index contributed by atoms with van der Waals surface area (Å²) in [5, 5.41) is 9.63. The van der Waals surface area contributed by atoms with Crippen molar-refractivity contribution in [3.8, 4) is 5.75 Å². The van der Waals surface area contributed by atoms with E-state index in [1.165, 1.54) is 36.4 Å². The van der Waals surface area contributed by atoms with Gasteiger partial charge in [-0.25, -0.2) is 9.59 Å². The fourth-order valence-corrected chi connectivity index (χ4v) is 2.43. The molecule has 1 N–H and O–H groups in total. The monoisotopic (exact) mass is 432 g/mol. The van der Waals surface area contributed by atoms with E-state index in [1.807, 2.05) is 0 Å². The number of benzene rings is 1. The van der Waals surface area contributed by atoms with E-state index in [0.29, 0.717) is 0 Å². The molecule has 5 nitrogen and oxygen atoms in total. The third-order valence-electron chi connectivity index (χ3n) is 2.50. The van der Waals surface area contributed by atoms with Crippen molar-refractivity contribution in [2.45, 2.75) is 20.0 Å². The van der Waals surface area contributed by atoms with Crippen molar-refractivity contribution in [2.24, 2.45) is 0 Å². The van der Waals surface area contributed by atoms with E-state index in [9.17, 15) is 27.9 Å². The fraction of sp³-hybridized carbons (Fsp3) is 0.385. The van der Waals surface area contributed by atoms with Crippen LogP contribution >= 0.6 is 22.6 Å². The number of phenolic OH excluding ortho intramolecular Hbond substituents is 1. The first-order valence-corrected chi connectivity index (χ1v) is 7.19. The standard InChI is InChI=1S/C13H12F3IO5/c1-3-21-11(19)6-5-7(18)10(17)9(13(14,15)16)8(6)12(20)22-4-2/h5,18H,3-4H2,1-2H3. The number of phenols is 1. The van der Waals surface area contributed by atoms with Crippen LogP contribution in [0.5, 0.6) is 5.75 Å². The number of ether oxygens (including phenoxy) is 2. The third-order valence-corrected chi connectivity index (χ3v) is 3.60. The lowest BCUT2D eigenvalue weighted by atomic mass is 9.99. The van der Waals surface area contributed by atoms with Gasteiger partial charge in [0.05, 0.1) is 33.5 Å². The van der Waals surface area contributed by atoms with Gasteiger partial charge in [-0.1, -0.05) is 0 Å². The highest BCUT2D eigenvalue weighted by Gasteiger charge is 2.42. The van der Waals surface area contributed by atoms with Crippen LogP contribution in [0, 0.1) is 3.57 Å². The molecule has 0 bridgehead atoms. The van der Waals surface area contributed by atoms with Gasteiger partial charge in [-0.3, -0.25) is 0 Å². The highest BCUT2D eigenvalue weighted by molar-refractivity contribution is 14.1. The predicted molar refractivity (Wildman–Crippen MR) is 77.7 cm³/mol. The van der Waals surface area contributed by atoms with E-state index >= 15 is 0 Å². The quantitative estimate of drug-likeness (QED) is 0.584. The number of carbonyl (C=O) groups is 2. The first-order valence-electron chi connectivity index (χ1n) is 6.11. The van der Waals surface area contributed by atoms with Gasteiger partial charge in [0, 0.05) is 0 Å². The first kappa shape index (κ1) is 18.5. The van der Waals surface area contributed by atoms with E-state index in [-0.39, 0.29) is 13.2 Å². The number of esters is 2. The average Bonchev–Trinajstić information content (AvgIpc) is 2.40. The minimum Gasteiger partial charge on any atom is -0.507 e. The molecule has 0 fully saturated rings. The smallest absolute Gasteiger partial charge is 0.418 e. The molecule has 0 saturated carbocycles. The molecule has 0 atom stereocenters. The number of hydrogen-bond donors (Lipinski definition) is 1. The van der Waals surface area contributed by atoms with Crippen molar-refractivity contribution in [2.75, 3.05) is 13.2 Å². The largest absolute Gasteiger partial charge is 0.507 e. The summed E-state index contributed by atoms with van der Waals surface area (Å²) >= 11 is 1.25. The second-order valence-electron chi connectivity index (χ2n) is 3.95. The second-order valence-corrected chi connectivity index (χ2v) is 5.02. The Bertz CT molecular complexity index is 598. The second kappa shape index (κ2) is 7.16. The maximum Gasteiger partial charge on any atom is 0.418 e. The molecule has 0 spiro atoms. The molecule has 1 aromatic rings. The molecule has 22 heavy (non-hydrogen) atoms. The SMILES string of the molecule is CCOC(=O)c1cc(O)c(I)c(C(F)(F)F)c1C(=O)OCC. The summed E-state index contributed by atoms with van der Waals surface area (Å²) in [4.78, 5) is 23.7. The molecule has 0 aromatic heterocycles. The van der Waals surface area contributed by atoms with Gasteiger partial charge in [0.2, 0.25) is 0 Å². The van der Waals surface area contributed by atoms with E-state index in [2.05, 4.69) is 9.47 Å². The van der Waals surface area contributed by atoms with Crippen LogP contribution in [0.3, 0.4) is 0 Å². The first-order chi connectivity index (χ1) is 10.1. The summed E-state index contributed by atoms with van der Waals surface area (Å²) in [5.41, 5.74) is -3.07. The lowest BCUT2D eigenvalue weighted by Gasteiger charge is -2.18. The van der Waals surface area contributed by atoms with Crippen molar-refractivity contribution in [3.63, 3.8) is 0 Å². The molecule has 9 heteroatoms. The third kappa shape index (κ3) is 3.81. The van der Waals surface area contributed by atoms with Crippen molar-refractivity contribution < 1.29 is 37.3 Å². The lowest BCUT2D eigenvalue weighted by Crippen LogP contribution is -2.22.